The SMILES string of the molecule is CN(C(=O)[C@H](Cc1ccccc1)NC(=O)c1cccc(C(=O)N[C@@H](Cc2ccccc2)C(=O)N(C)c2ccc3scnc3c2)c1)c1ccc2sccc2c1. The Morgan fingerprint density at radius 1 is 0.593 bits per heavy atom. The molecule has 54 heavy (non-hydrogen) atoms. The van der Waals surface area contributed by atoms with Crippen molar-refractivity contribution in [2.45, 2.75) is 24.9 Å². The molecule has 270 valence electrons. The molecule has 2 N–H and O–H groups in total. The summed E-state index contributed by atoms with van der Waals surface area (Å²) < 4.78 is 2.13. The van der Waals surface area contributed by atoms with Crippen molar-refractivity contribution in [3.63, 3.8) is 0 Å². The third-order valence-electron chi connectivity index (χ3n) is 9.34. The number of anilines is 2. The molecule has 7 rings (SSSR count). The summed E-state index contributed by atoms with van der Waals surface area (Å²) in [5, 5.41) is 8.91. The first-order chi connectivity index (χ1) is 26.2. The van der Waals surface area contributed by atoms with Crippen LogP contribution in [0.5, 0.6) is 0 Å². The molecule has 0 spiro atoms. The molecule has 0 radical (unpaired) electrons. The van der Waals surface area contributed by atoms with E-state index in [1.165, 1.54) is 22.3 Å². The fourth-order valence-corrected chi connectivity index (χ4v) is 7.75. The number of carbonyl (C=O) groups is 4. The Balaban J connectivity index is 1.10. The summed E-state index contributed by atoms with van der Waals surface area (Å²) in [6.07, 6.45) is 0.522. The van der Waals surface area contributed by atoms with Gasteiger partial charge in [-0.25, -0.2) is 4.98 Å². The highest BCUT2D eigenvalue weighted by atomic mass is 32.1. The number of amides is 4. The van der Waals surface area contributed by atoms with Crippen LogP contribution in [0.15, 0.2) is 138 Å². The summed E-state index contributed by atoms with van der Waals surface area (Å²) in [7, 11) is 3.38. The Hall–Kier alpha value is -6.17. The van der Waals surface area contributed by atoms with Gasteiger partial charge in [-0.15, -0.1) is 22.7 Å². The lowest BCUT2D eigenvalue weighted by Gasteiger charge is -2.25. The number of likely N-dealkylation sites (N-methyl/N-ethyl adjacent to an activating group) is 2. The van der Waals surface area contributed by atoms with Crippen LogP contribution < -0.4 is 20.4 Å². The van der Waals surface area contributed by atoms with Crippen LogP contribution in [0.25, 0.3) is 20.3 Å². The summed E-state index contributed by atoms with van der Waals surface area (Å²) in [5.41, 5.74) is 6.08. The number of thiazole rings is 1. The van der Waals surface area contributed by atoms with Crippen molar-refractivity contribution in [3.8, 4) is 0 Å². The highest BCUT2D eigenvalue weighted by Crippen LogP contribution is 2.27. The number of aromatic nitrogens is 1. The lowest BCUT2D eigenvalue weighted by atomic mass is 10.0. The van der Waals surface area contributed by atoms with Crippen LogP contribution >= 0.6 is 22.7 Å². The third kappa shape index (κ3) is 8.22. The topological polar surface area (TPSA) is 112 Å². The first-order valence-electron chi connectivity index (χ1n) is 17.4. The Bertz CT molecular complexity index is 2280. The second-order valence-corrected chi connectivity index (χ2v) is 14.8. The maximum absolute atomic E-state index is 14.0. The quantitative estimate of drug-likeness (QED) is 0.134. The summed E-state index contributed by atoms with van der Waals surface area (Å²) >= 11 is 3.15. The molecule has 0 unspecified atom stereocenters. The Morgan fingerprint density at radius 3 is 1.70 bits per heavy atom. The maximum atomic E-state index is 14.0. The van der Waals surface area contributed by atoms with E-state index in [0.717, 1.165) is 31.4 Å². The number of hydrogen-bond acceptors (Lipinski definition) is 7. The van der Waals surface area contributed by atoms with Gasteiger partial charge in [0.2, 0.25) is 11.8 Å². The Kier molecular flexibility index (Phi) is 10.9. The van der Waals surface area contributed by atoms with E-state index in [-0.39, 0.29) is 35.8 Å². The minimum atomic E-state index is -0.912. The number of hydrogen-bond donors (Lipinski definition) is 2. The number of thiophene rings is 1. The van der Waals surface area contributed by atoms with Gasteiger partial charge in [0, 0.05) is 54.1 Å². The first-order valence-corrected chi connectivity index (χ1v) is 19.1. The van der Waals surface area contributed by atoms with E-state index in [2.05, 4.69) is 15.6 Å². The fraction of sp³-hybridized carbons (Fsp3) is 0.140. The molecule has 0 fully saturated rings. The van der Waals surface area contributed by atoms with E-state index < -0.39 is 23.9 Å². The monoisotopic (exact) mass is 751 g/mol. The lowest BCUT2D eigenvalue weighted by Crippen LogP contribution is -2.49. The van der Waals surface area contributed by atoms with Crippen LogP contribution in [0, 0.1) is 0 Å². The van der Waals surface area contributed by atoms with Crippen molar-refractivity contribution in [2.24, 2.45) is 0 Å². The highest BCUT2D eigenvalue weighted by molar-refractivity contribution is 7.17. The van der Waals surface area contributed by atoms with Crippen molar-refractivity contribution in [2.75, 3.05) is 23.9 Å². The smallest absolute Gasteiger partial charge is 0.251 e. The number of nitrogens with zero attached hydrogens (tertiary/aromatic N) is 3. The van der Waals surface area contributed by atoms with Gasteiger partial charge in [-0.1, -0.05) is 66.7 Å². The van der Waals surface area contributed by atoms with Crippen LogP contribution in [0.2, 0.25) is 0 Å². The zero-order valence-electron chi connectivity index (χ0n) is 29.6. The Labute approximate surface area is 320 Å². The van der Waals surface area contributed by atoms with Crippen LogP contribution in [0.3, 0.4) is 0 Å². The molecule has 0 saturated heterocycles. The molecule has 0 saturated carbocycles. The first kappa shape index (κ1) is 36.2. The molecule has 2 heterocycles. The van der Waals surface area contributed by atoms with Gasteiger partial charge in [0.25, 0.3) is 11.8 Å². The van der Waals surface area contributed by atoms with Crippen LogP contribution in [-0.2, 0) is 22.4 Å². The second-order valence-electron chi connectivity index (χ2n) is 13.0. The molecule has 7 aromatic rings. The van der Waals surface area contributed by atoms with E-state index in [9.17, 15) is 19.2 Å². The molecule has 0 aliphatic carbocycles. The molecule has 5 aromatic carbocycles. The van der Waals surface area contributed by atoms with Crippen molar-refractivity contribution in [3.05, 3.63) is 161 Å². The summed E-state index contributed by atoms with van der Waals surface area (Å²) in [5.74, 6) is -1.60. The van der Waals surface area contributed by atoms with Crippen molar-refractivity contribution >= 4 is 78.0 Å². The molecule has 0 bridgehead atoms. The fourth-order valence-electron chi connectivity index (χ4n) is 6.32. The minimum absolute atomic E-state index is 0.201. The normalized spacial score (nSPS) is 12.2. The molecule has 2 atom stereocenters. The largest absolute Gasteiger partial charge is 0.340 e. The van der Waals surface area contributed by atoms with Gasteiger partial charge in [-0.05, 0) is 82.6 Å². The average Bonchev–Trinajstić information content (AvgIpc) is 3.89. The minimum Gasteiger partial charge on any atom is -0.340 e. The van der Waals surface area contributed by atoms with E-state index in [1.54, 1.807) is 54.0 Å². The van der Waals surface area contributed by atoms with Gasteiger partial charge >= 0.3 is 0 Å². The zero-order valence-corrected chi connectivity index (χ0v) is 31.3. The van der Waals surface area contributed by atoms with E-state index in [1.807, 2.05) is 109 Å². The van der Waals surface area contributed by atoms with Gasteiger partial charge in [0.05, 0.1) is 15.7 Å². The van der Waals surface area contributed by atoms with Gasteiger partial charge in [-0.2, -0.15) is 0 Å². The molecule has 9 nitrogen and oxygen atoms in total. The van der Waals surface area contributed by atoms with Gasteiger partial charge in [0.15, 0.2) is 0 Å². The summed E-state index contributed by atoms with van der Waals surface area (Å²) in [6.45, 7) is 0. The summed E-state index contributed by atoms with van der Waals surface area (Å²) in [6, 6.07) is 36.9. The van der Waals surface area contributed by atoms with Crippen LogP contribution in [0.1, 0.15) is 31.8 Å². The number of rotatable bonds is 12. The maximum Gasteiger partial charge on any atom is 0.251 e. The van der Waals surface area contributed by atoms with Crippen LogP contribution in [-0.4, -0.2) is 54.8 Å². The van der Waals surface area contributed by atoms with Crippen molar-refractivity contribution in [1.82, 2.24) is 15.6 Å². The van der Waals surface area contributed by atoms with Gasteiger partial charge < -0.3 is 20.4 Å². The molecule has 2 aromatic heterocycles. The van der Waals surface area contributed by atoms with Crippen molar-refractivity contribution < 1.29 is 19.2 Å². The number of nitrogens with one attached hydrogen (secondary N) is 2. The zero-order chi connectivity index (χ0) is 37.6. The van der Waals surface area contributed by atoms with Crippen molar-refractivity contribution in [1.29, 1.82) is 0 Å². The molecular weight excluding hydrogens is 715 g/mol. The summed E-state index contributed by atoms with van der Waals surface area (Å²) in [4.78, 5) is 63.2. The molecule has 4 amide bonds. The number of carbonyl (C=O) groups excluding carboxylic acids is 4. The number of benzene rings is 5. The third-order valence-corrected chi connectivity index (χ3v) is 11.1. The number of fused-ring (bicyclic) bond motifs is 2. The second kappa shape index (κ2) is 16.2. The lowest BCUT2D eigenvalue weighted by molar-refractivity contribution is -0.120. The molecule has 11 heteroatoms. The van der Waals surface area contributed by atoms with E-state index >= 15 is 0 Å². The highest BCUT2D eigenvalue weighted by Gasteiger charge is 2.28. The van der Waals surface area contributed by atoms with Gasteiger partial charge in [-0.3, -0.25) is 19.2 Å². The molecule has 0 aliphatic rings. The van der Waals surface area contributed by atoms with E-state index in [4.69, 9.17) is 0 Å². The average molecular weight is 752 g/mol. The molecular formula is C43H37N5O4S2. The Morgan fingerprint density at radius 2 is 1.13 bits per heavy atom. The van der Waals surface area contributed by atoms with E-state index in [0.29, 0.717) is 11.4 Å². The predicted octanol–water partition coefficient (Wildman–Crippen LogP) is 7.52. The van der Waals surface area contributed by atoms with Gasteiger partial charge in [0.1, 0.15) is 12.1 Å². The molecule has 0 aliphatic heterocycles. The standard InChI is InChI=1S/C43H37N5O4S2/c1-47(33-16-18-38-30(25-33)20-21-53-38)42(51)36(22-28-10-5-3-6-11-28)45-40(49)31-14-9-15-32(24-31)41(50)46-37(23-29-12-7-4-8-13-29)43(52)48(2)34-17-19-39-35(26-34)44-27-54-39/h3-21,24-27,36-37H,22-23H2,1-2H3,(H,45,49)(H,46,50)/t36-,37-/m0/s1. The van der Waals surface area contributed by atoms with Crippen LogP contribution in [0.4, 0.5) is 11.4 Å². The predicted molar refractivity (Wildman–Crippen MR) is 218 cm³/mol.